The summed E-state index contributed by atoms with van der Waals surface area (Å²) in [7, 11) is 0. The molecule has 2 N–H and O–H groups in total. The van der Waals surface area contributed by atoms with Crippen LogP contribution in [0.25, 0.3) is 0 Å². The summed E-state index contributed by atoms with van der Waals surface area (Å²) in [5.41, 5.74) is -0.302. The molecule has 2 amide bonds. The van der Waals surface area contributed by atoms with Crippen LogP contribution in [0.1, 0.15) is 38.5 Å². The summed E-state index contributed by atoms with van der Waals surface area (Å²) in [6.07, 6.45) is 5.91. The standard InChI is InChI=1S/C17H20ClFN2O3/c18-13-2-1-12(9-14(13)19)24-10-15(23)21-17-6-3-16(4-7-17,5-8-17)20-11-22/h1-2,9,11H,3-8,10H2,(H,20,22)(H,21,23). The molecule has 0 aromatic heterocycles. The maximum Gasteiger partial charge on any atom is 0.258 e. The van der Waals surface area contributed by atoms with Gasteiger partial charge in [0.25, 0.3) is 5.91 Å². The largest absolute Gasteiger partial charge is 0.484 e. The number of ether oxygens (including phenoxy) is 1. The van der Waals surface area contributed by atoms with Crippen LogP contribution in [0.4, 0.5) is 4.39 Å². The average Bonchev–Trinajstić information content (AvgIpc) is 2.58. The maximum atomic E-state index is 13.4. The number of hydrogen-bond donors (Lipinski definition) is 2. The van der Waals surface area contributed by atoms with Crippen molar-refractivity contribution in [2.24, 2.45) is 0 Å². The van der Waals surface area contributed by atoms with Gasteiger partial charge in [0.15, 0.2) is 6.61 Å². The number of amides is 2. The molecule has 0 saturated heterocycles. The van der Waals surface area contributed by atoms with Gasteiger partial charge in [-0.2, -0.15) is 0 Å². The van der Waals surface area contributed by atoms with E-state index in [-0.39, 0.29) is 34.4 Å². The van der Waals surface area contributed by atoms with Crippen molar-refractivity contribution in [3.8, 4) is 5.75 Å². The van der Waals surface area contributed by atoms with Crippen molar-refractivity contribution in [2.75, 3.05) is 6.61 Å². The summed E-state index contributed by atoms with van der Waals surface area (Å²) in [5.74, 6) is -0.527. The van der Waals surface area contributed by atoms with Crippen LogP contribution in [0.3, 0.4) is 0 Å². The van der Waals surface area contributed by atoms with Gasteiger partial charge in [0, 0.05) is 17.1 Å². The molecule has 0 aliphatic heterocycles. The van der Waals surface area contributed by atoms with Gasteiger partial charge in [-0.25, -0.2) is 4.39 Å². The Labute approximate surface area is 144 Å². The van der Waals surface area contributed by atoms with E-state index in [9.17, 15) is 14.0 Å². The van der Waals surface area contributed by atoms with Crippen LogP contribution >= 0.6 is 11.6 Å². The Morgan fingerprint density at radius 2 is 1.83 bits per heavy atom. The first-order chi connectivity index (χ1) is 11.5. The van der Waals surface area contributed by atoms with Crippen molar-refractivity contribution in [1.29, 1.82) is 0 Å². The van der Waals surface area contributed by atoms with Crippen molar-refractivity contribution < 1.29 is 18.7 Å². The molecule has 0 spiro atoms. The van der Waals surface area contributed by atoms with Crippen molar-refractivity contribution in [1.82, 2.24) is 10.6 Å². The third-order valence-electron chi connectivity index (χ3n) is 5.28. The van der Waals surface area contributed by atoms with Crippen LogP contribution in [-0.2, 0) is 9.59 Å². The molecule has 24 heavy (non-hydrogen) atoms. The average molecular weight is 355 g/mol. The van der Waals surface area contributed by atoms with Gasteiger partial charge in [-0.05, 0) is 50.7 Å². The van der Waals surface area contributed by atoms with Crippen LogP contribution < -0.4 is 15.4 Å². The number of hydrogen-bond acceptors (Lipinski definition) is 3. The third-order valence-corrected chi connectivity index (χ3v) is 5.58. The summed E-state index contributed by atoms with van der Waals surface area (Å²) >= 11 is 5.61. The lowest BCUT2D eigenvalue weighted by Gasteiger charge is -2.53. The molecule has 1 aromatic rings. The van der Waals surface area contributed by atoms with E-state index in [0.717, 1.165) is 51.0 Å². The van der Waals surface area contributed by atoms with E-state index in [4.69, 9.17) is 16.3 Å². The number of halogens is 2. The molecule has 3 aliphatic rings. The zero-order valence-corrected chi connectivity index (χ0v) is 14.0. The van der Waals surface area contributed by atoms with Crippen molar-refractivity contribution >= 4 is 23.9 Å². The number of benzene rings is 1. The molecule has 3 aliphatic carbocycles. The Morgan fingerprint density at radius 1 is 1.21 bits per heavy atom. The predicted octanol–water partition coefficient (Wildman–Crippen LogP) is 2.57. The fraction of sp³-hybridized carbons (Fsp3) is 0.529. The fourth-order valence-corrected chi connectivity index (χ4v) is 3.88. The lowest BCUT2D eigenvalue weighted by Crippen LogP contribution is -2.63. The van der Waals surface area contributed by atoms with E-state index < -0.39 is 5.82 Å². The molecule has 2 bridgehead atoms. The highest BCUT2D eigenvalue weighted by Gasteiger charge is 2.49. The van der Waals surface area contributed by atoms with Gasteiger partial charge in [-0.1, -0.05) is 11.6 Å². The first-order valence-electron chi connectivity index (χ1n) is 8.06. The molecule has 5 nitrogen and oxygen atoms in total. The molecular weight excluding hydrogens is 335 g/mol. The third kappa shape index (κ3) is 3.48. The normalized spacial score (nSPS) is 28.2. The minimum atomic E-state index is -0.577. The lowest BCUT2D eigenvalue weighted by molar-refractivity contribution is -0.127. The molecule has 3 saturated carbocycles. The Bertz CT molecular complexity index is 628. The van der Waals surface area contributed by atoms with Crippen LogP contribution in [0, 0.1) is 5.82 Å². The molecule has 0 atom stereocenters. The quantitative estimate of drug-likeness (QED) is 0.771. The number of carbonyl (C=O) groups excluding carboxylic acids is 2. The first kappa shape index (κ1) is 17.0. The SMILES string of the molecule is O=CNC12CCC(NC(=O)COc3ccc(Cl)c(F)c3)(CC1)CC2. The fourth-order valence-electron chi connectivity index (χ4n) is 3.76. The zero-order chi connectivity index (χ0) is 17.2. The Morgan fingerprint density at radius 3 is 2.42 bits per heavy atom. The molecule has 7 heteroatoms. The molecule has 130 valence electrons. The van der Waals surface area contributed by atoms with Crippen LogP contribution in [0.15, 0.2) is 18.2 Å². The molecule has 0 radical (unpaired) electrons. The van der Waals surface area contributed by atoms with Crippen LogP contribution in [-0.4, -0.2) is 30.0 Å². The van der Waals surface area contributed by atoms with Gasteiger partial charge in [-0.3, -0.25) is 9.59 Å². The predicted molar refractivity (Wildman–Crippen MR) is 87.4 cm³/mol. The minimum Gasteiger partial charge on any atom is -0.484 e. The minimum absolute atomic E-state index is 0.0162. The number of rotatable bonds is 6. The lowest BCUT2D eigenvalue weighted by atomic mass is 9.61. The Balaban J connectivity index is 1.52. The van der Waals surface area contributed by atoms with E-state index in [1.54, 1.807) is 0 Å². The van der Waals surface area contributed by atoms with Gasteiger partial charge in [0.1, 0.15) is 11.6 Å². The van der Waals surface area contributed by atoms with E-state index in [2.05, 4.69) is 10.6 Å². The molecule has 0 unspecified atom stereocenters. The van der Waals surface area contributed by atoms with Gasteiger partial charge in [0.2, 0.25) is 6.41 Å². The van der Waals surface area contributed by atoms with E-state index in [1.807, 2.05) is 0 Å². The first-order valence-corrected chi connectivity index (χ1v) is 8.44. The summed E-state index contributed by atoms with van der Waals surface area (Å²) in [4.78, 5) is 22.9. The topological polar surface area (TPSA) is 67.4 Å². The summed E-state index contributed by atoms with van der Waals surface area (Å²) in [6.45, 7) is -0.166. The number of nitrogens with one attached hydrogen (secondary N) is 2. The maximum absolute atomic E-state index is 13.4. The Kier molecular flexibility index (Phi) is 4.67. The monoisotopic (exact) mass is 354 g/mol. The number of carbonyl (C=O) groups is 2. The highest BCUT2D eigenvalue weighted by Crippen LogP contribution is 2.46. The molecular formula is C17H20ClFN2O3. The highest BCUT2D eigenvalue weighted by molar-refractivity contribution is 6.30. The van der Waals surface area contributed by atoms with Crippen molar-refractivity contribution in [2.45, 2.75) is 49.6 Å². The molecule has 0 heterocycles. The second-order valence-electron chi connectivity index (χ2n) is 6.74. The van der Waals surface area contributed by atoms with Crippen LogP contribution in [0.2, 0.25) is 5.02 Å². The molecule has 3 fully saturated rings. The highest BCUT2D eigenvalue weighted by atomic mass is 35.5. The van der Waals surface area contributed by atoms with Crippen molar-refractivity contribution in [3.63, 3.8) is 0 Å². The van der Waals surface area contributed by atoms with Gasteiger partial charge < -0.3 is 15.4 Å². The van der Waals surface area contributed by atoms with E-state index in [0.29, 0.717) is 0 Å². The van der Waals surface area contributed by atoms with Gasteiger partial charge >= 0.3 is 0 Å². The second-order valence-corrected chi connectivity index (χ2v) is 7.14. The smallest absolute Gasteiger partial charge is 0.258 e. The second kappa shape index (κ2) is 6.59. The summed E-state index contributed by atoms with van der Waals surface area (Å²) < 4.78 is 18.7. The zero-order valence-electron chi connectivity index (χ0n) is 13.2. The van der Waals surface area contributed by atoms with Crippen LogP contribution in [0.5, 0.6) is 5.75 Å². The molecule has 4 rings (SSSR count). The van der Waals surface area contributed by atoms with E-state index >= 15 is 0 Å². The number of fused-ring (bicyclic) bond motifs is 3. The molecule has 1 aromatic carbocycles. The summed E-state index contributed by atoms with van der Waals surface area (Å²) in [5, 5.41) is 6.04. The van der Waals surface area contributed by atoms with Gasteiger partial charge in [-0.15, -0.1) is 0 Å². The van der Waals surface area contributed by atoms with E-state index in [1.165, 1.54) is 12.1 Å². The van der Waals surface area contributed by atoms with Crippen molar-refractivity contribution in [3.05, 3.63) is 29.0 Å². The Hall–Kier alpha value is -1.82. The summed E-state index contributed by atoms with van der Waals surface area (Å²) in [6, 6.07) is 4.08. The van der Waals surface area contributed by atoms with Gasteiger partial charge in [0.05, 0.1) is 5.02 Å².